The quantitative estimate of drug-likeness (QED) is 0.399. The summed E-state index contributed by atoms with van der Waals surface area (Å²) in [5.74, 6) is -0.00705. The molecule has 30 heavy (non-hydrogen) atoms. The normalized spacial score (nSPS) is 10.8. The molecule has 0 bridgehead atoms. The van der Waals surface area contributed by atoms with Crippen LogP contribution < -0.4 is 10.6 Å². The fourth-order valence-corrected chi connectivity index (χ4v) is 3.44. The van der Waals surface area contributed by atoms with Gasteiger partial charge in [0.1, 0.15) is 0 Å². The molecule has 7 heteroatoms. The summed E-state index contributed by atoms with van der Waals surface area (Å²) in [7, 11) is 1.59. The number of ether oxygens (including phenoxy) is 2. The first kappa shape index (κ1) is 23.9. The summed E-state index contributed by atoms with van der Waals surface area (Å²) in [6.07, 6.45) is 0.193. The third-order valence-corrected chi connectivity index (χ3v) is 5.25. The molecule has 0 aliphatic rings. The van der Waals surface area contributed by atoms with Crippen molar-refractivity contribution in [3.63, 3.8) is 0 Å². The Kier molecular flexibility index (Phi) is 10.4. The van der Waals surface area contributed by atoms with Crippen molar-refractivity contribution in [1.29, 1.82) is 0 Å². The molecule has 0 atom stereocenters. The Hall–Kier alpha value is -2.35. The van der Waals surface area contributed by atoms with E-state index in [9.17, 15) is 9.59 Å². The largest absolute Gasteiger partial charge is 0.383 e. The van der Waals surface area contributed by atoms with Crippen LogP contribution in [0.3, 0.4) is 0 Å². The number of carbonyl (C=O) groups excluding carboxylic acids is 2. The molecule has 6 nitrogen and oxygen atoms in total. The number of amides is 2. The van der Waals surface area contributed by atoms with E-state index in [0.717, 1.165) is 16.0 Å². The number of rotatable bonds is 12. The van der Waals surface area contributed by atoms with Crippen LogP contribution in [0.2, 0.25) is 0 Å². The minimum Gasteiger partial charge on any atom is -0.383 e. The zero-order valence-corrected chi connectivity index (χ0v) is 18.6. The van der Waals surface area contributed by atoms with E-state index in [1.54, 1.807) is 13.2 Å². The Morgan fingerprint density at radius 2 is 1.70 bits per heavy atom. The zero-order chi connectivity index (χ0) is 21.8. The molecule has 0 heterocycles. The summed E-state index contributed by atoms with van der Waals surface area (Å²) in [5, 5.41) is 5.73. The molecule has 0 unspecified atom stereocenters. The fourth-order valence-electron chi connectivity index (χ4n) is 2.56. The van der Waals surface area contributed by atoms with Crippen molar-refractivity contribution >= 4 is 23.6 Å². The summed E-state index contributed by atoms with van der Waals surface area (Å²) >= 11 is 1.35. The lowest BCUT2D eigenvalue weighted by Crippen LogP contribution is -2.28. The molecule has 0 spiro atoms. The molecule has 0 aliphatic carbocycles. The lowest BCUT2D eigenvalue weighted by molar-refractivity contribution is -0.118. The lowest BCUT2D eigenvalue weighted by Gasteiger charge is -2.11. The molecule has 0 radical (unpaired) electrons. The summed E-state index contributed by atoms with van der Waals surface area (Å²) in [6, 6.07) is 15.3. The van der Waals surface area contributed by atoms with E-state index < -0.39 is 0 Å². The van der Waals surface area contributed by atoms with Crippen LogP contribution in [-0.2, 0) is 27.4 Å². The minimum atomic E-state index is -0.162. The lowest BCUT2D eigenvalue weighted by atomic mass is 10.1. The van der Waals surface area contributed by atoms with E-state index in [1.807, 2.05) is 56.3 Å². The molecule has 2 aromatic carbocycles. The van der Waals surface area contributed by atoms with E-state index in [2.05, 4.69) is 10.6 Å². The van der Waals surface area contributed by atoms with Gasteiger partial charge >= 0.3 is 0 Å². The highest BCUT2D eigenvalue weighted by Crippen LogP contribution is 2.22. The maximum absolute atomic E-state index is 12.7. The Labute approximate surface area is 182 Å². The first-order valence-electron chi connectivity index (χ1n) is 9.94. The molecule has 0 saturated heterocycles. The van der Waals surface area contributed by atoms with Gasteiger partial charge in [-0.25, -0.2) is 0 Å². The van der Waals surface area contributed by atoms with Gasteiger partial charge in [0.2, 0.25) is 5.91 Å². The van der Waals surface area contributed by atoms with Crippen molar-refractivity contribution in [3.05, 3.63) is 65.2 Å². The van der Waals surface area contributed by atoms with Crippen molar-refractivity contribution in [2.24, 2.45) is 0 Å². The van der Waals surface area contributed by atoms with E-state index in [-0.39, 0.29) is 23.7 Å². The first-order chi connectivity index (χ1) is 14.5. The maximum atomic E-state index is 12.7. The van der Waals surface area contributed by atoms with Crippen molar-refractivity contribution < 1.29 is 19.1 Å². The highest BCUT2D eigenvalue weighted by Gasteiger charge is 2.12. The van der Waals surface area contributed by atoms with Crippen LogP contribution in [0.1, 0.15) is 35.3 Å². The van der Waals surface area contributed by atoms with Crippen LogP contribution in [0.4, 0.5) is 0 Å². The minimum absolute atomic E-state index is 0.0891. The van der Waals surface area contributed by atoms with E-state index in [4.69, 9.17) is 9.47 Å². The van der Waals surface area contributed by atoms with E-state index in [1.165, 1.54) is 11.8 Å². The molecule has 162 valence electrons. The first-order valence-corrected chi connectivity index (χ1v) is 10.9. The smallest absolute Gasteiger partial charge is 0.252 e. The second-order valence-electron chi connectivity index (χ2n) is 6.99. The highest BCUT2D eigenvalue weighted by molar-refractivity contribution is 8.00. The molecule has 0 aromatic heterocycles. The van der Waals surface area contributed by atoms with Crippen molar-refractivity contribution in [3.8, 4) is 0 Å². The van der Waals surface area contributed by atoms with Gasteiger partial charge in [-0.2, -0.15) is 0 Å². The van der Waals surface area contributed by atoms with Crippen molar-refractivity contribution in [1.82, 2.24) is 10.6 Å². The Morgan fingerprint density at radius 1 is 1.00 bits per heavy atom. The molecular weight excluding hydrogens is 400 g/mol. The molecular formula is C23H30N2O4S. The summed E-state index contributed by atoms with van der Waals surface area (Å²) in [4.78, 5) is 25.4. The molecule has 0 aliphatic heterocycles. The summed E-state index contributed by atoms with van der Waals surface area (Å²) < 4.78 is 10.5. The second-order valence-corrected chi connectivity index (χ2v) is 8.00. The van der Waals surface area contributed by atoms with Crippen LogP contribution in [0.5, 0.6) is 0 Å². The topological polar surface area (TPSA) is 76.7 Å². The average molecular weight is 431 g/mol. The monoisotopic (exact) mass is 430 g/mol. The fraction of sp³-hybridized carbons (Fsp3) is 0.391. The number of carbonyl (C=O) groups is 2. The van der Waals surface area contributed by atoms with Gasteiger partial charge < -0.3 is 20.1 Å². The predicted molar refractivity (Wildman–Crippen MR) is 120 cm³/mol. The number of benzene rings is 2. The van der Waals surface area contributed by atoms with Crippen LogP contribution in [-0.4, -0.2) is 43.9 Å². The van der Waals surface area contributed by atoms with Gasteiger partial charge in [-0.05, 0) is 37.1 Å². The van der Waals surface area contributed by atoms with Crippen LogP contribution in [0.15, 0.2) is 53.4 Å². The van der Waals surface area contributed by atoms with Gasteiger partial charge in [0.25, 0.3) is 5.91 Å². The van der Waals surface area contributed by atoms with Gasteiger partial charge in [-0.1, -0.05) is 36.4 Å². The van der Waals surface area contributed by atoms with Gasteiger partial charge in [0, 0.05) is 25.1 Å². The standard InChI is InChI=1S/C23H30N2O4S/c1-17(2)29-15-19-10-8-18(9-11-19)14-25-23(27)20-6-4-5-7-21(20)30-16-22(26)24-12-13-28-3/h4-11,17H,12-16H2,1-3H3,(H,24,26)(H,25,27). The summed E-state index contributed by atoms with van der Waals surface area (Å²) in [6.45, 7) is 5.97. The third-order valence-electron chi connectivity index (χ3n) is 4.18. The SMILES string of the molecule is COCCNC(=O)CSc1ccccc1C(=O)NCc1ccc(COC(C)C)cc1. The van der Waals surface area contributed by atoms with Crippen LogP contribution in [0, 0.1) is 0 Å². The van der Waals surface area contributed by atoms with Crippen molar-refractivity contribution in [2.75, 3.05) is 26.0 Å². The van der Waals surface area contributed by atoms with Gasteiger partial charge in [0.15, 0.2) is 0 Å². The molecule has 2 aromatic rings. The average Bonchev–Trinajstić information content (AvgIpc) is 2.75. The molecule has 0 saturated carbocycles. The number of methoxy groups -OCH3 is 1. The third kappa shape index (κ3) is 8.57. The maximum Gasteiger partial charge on any atom is 0.252 e. The second kappa shape index (κ2) is 13.1. The molecule has 0 fully saturated rings. The summed E-state index contributed by atoms with van der Waals surface area (Å²) in [5.41, 5.74) is 2.68. The number of hydrogen-bond acceptors (Lipinski definition) is 5. The predicted octanol–water partition coefficient (Wildman–Crippen LogP) is 3.40. The van der Waals surface area contributed by atoms with E-state index >= 15 is 0 Å². The number of nitrogens with one attached hydrogen (secondary N) is 2. The Balaban J connectivity index is 1.87. The molecule has 2 amide bonds. The van der Waals surface area contributed by atoms with Gasteiger partial charge in [-0.15, -0.1) is 11.8 Å². The van der Waals surface area contributed by atoms with Gasteiger partial charge in [-0.3, -0.25) is 9.59 Å². The highest BCUT2D eigenvalue weighted by atomic mass is 32.2. The Bertz CT molecular complexity index is 809. The number of thioether (sulfide) groups is 1. The zero-order valence-electron chi connectivity index (χ0n) is 17.8. The number of hydrogen-bond donors (Lipinski definition) is 2. The van der Waals surface area contributed by atoms with Gasteiger partial charge in [0.05, 0.1) is 30.6 Å². The molecule has 2 N–H and O–H groups in total. The molecule has 2 rings (SSSR count). The van der Waals surface area contributed by atoms with E-state index in [0.29, 0.717) is 31.9 Å². The van der Waals surface area contributed by atoms with Crippen molar-refractivity contribution in [2.45, 2.75) is 38.0 Å². The van der Waals surface area contributed by atoms with Crippen LogP contribution in [0.25, 0.3) is 0 Å². The van der Waals surface area contributed by atoms with Crippen LogP contribution >= 0.6 is 11.8 Å². The Morgan fingerprint density at radius 3 is 2.40 bits per heavy atom.